The second kappa shape index (κ2) is 16.1. The normalized spacial score (nSPS) is 20.5. The molecule has 2 fully saturated rings. The Kier molecular flexibility index (Phi) is 15.3. The Morgan fingerprint density at radius 2 is 1.38 bits per heavy atom. The fourth-order valence-electron chi connectivity index (χ4n) is 3.51. The lowest BCUT2D eigenvalue weighted by Gasteiger charge is -2.38. The maximum atomic E-state index is 10.6. The monoisotopic (exact) mass is 512 g/mol. The van der Waals surface area contributed by atoms with Crippen LogP contribution in [0.5, 0.6) is 0 Å². The zero-order chi connectivity index (χ0) is 26.4. The van der Waals surface area contributed by atoms with Gasteiger partial charge in [0.05, 0.1) is 19.3 Å². The third kappa shape index (κ3) is 15.3. The number of rotatable bonds is 7. The average molecular weight is 512 g/mol. The Bertz CT molecular complexity index is 559. The summed E-state index contributed by atoms with van der Waals surface area (Å²) in [7, 11) is 1.73. The van der Waals surface area contributed by atoms with Crippen LogP contribution in [0.3, 0.4) is 0 Å². The number of alkyl halides is 6. The van der Waals surface area contributed by atoms with Gasteiger partial charge in [-0.15, -0.1) is 0 Å². The Morgan fingerprint density at radius 3 is 1.79 bits per heavy atom. The Hall–Kier alpha value is -1.64. The minimum Gasteiger partial charge on any atom is -0.475 e. The number of halogens is 6. The molecule has 0 spiro atoms. The van der Waals surface area contributed by atoms with Gasteiger partial charge in [-0.2, -0.15) is 26.3 Å². The fourth-order valence-corrected chi connectivity index (χ4v) is 3.51. The lowest BCUT2D eigenvalue weighted by molar-refractivity contribution is -0.193. The predicted molar refractivity (Wildman–Crippen MR) is 110 cm³/mol. The SMILES string of the molecule is CCN1CCCC(CN2CCC(OCCOC)CC2)C1.O=C(O)C(F)(F)F.O=C(O)C(F)(F)F. The molecule has 2 aliphatic heterocycles. The Morgan fingerprint density at radius 1 is 0.882 bits per heavy atom. The molecular weight excluding hydrogens is 478 g/mol. The minimum absolute atomic E-state index is 0.458. The van der Waals surface area contributed by atoms with E-state index in [1.54, 1.807) is 7.11 Å². The van der Waals surface area contributed by atoms with Crippen molar-refractivity contribution in [2.24, 2.45) is 5.92 Å². The molecule has 8 nitrogen and oxygen atoms in total. The van der Waals surface area contributed by atoms with Gasteiger partial charge in [0.25, 0.3) is 0 Å². The van der Waals surface area contributed by atoms with Crippen LogP contribution in [0.15, 0.2) is 0 Å². The molecular formula is C20H34F6N2O6. The standard InChI is InChI=1S/C16H32N2O2.2C2HF3O2/c1-3-17-8-4-5-15(13-17)14-18-9-6-16(7-10-18)20-12-11-19-2;2*3-2(4,5)1(6)7/h15-16H,3-14H2,1-2H3;2*(H,6,7). The van der Waals surface area contributed by atoms with Crippen molar-refractivity contribution in [3.05, 3.63) is 0 Å². The molecule has 0 aromatic rings. The maximum Gasteiger partial charge on any atom is 0.490 e. The fraction of sp³-hybridized carbons (Fsp3) is 0.900. The molecule has 2 heterocycles. The lowest BCUT2D eigenvalue weighted by atomic mass is 9.96. The van der Waals surface area contributed by atoms with Gasteiger partial charge in [-0.3, -0.25) is 0 Å². The van der Waals surface area contributed by atoms with Crippen LogP contribution in [0.2, 0.25) is 0 Å². The number of ether oxygens (including phenoxy) is 2. The van der Waals surface area contributed by atoms with Gasteiger partial charge in [0.2, 0.25) is 0 Å². The summed E-state index contributed by atoms with van der Waals surface area (Å²) in [6, 6.07) is 0. The summed E-state index contributed by atoms with van der Waals surface area (Å²) in [5.41, 5.74) is 0. The van der Waals surface area contributed by atoms with Crippen molar-refractivity contribution in [3.63, 3.8) is 0 Å². The third-order valence-electron chi connectivity index (χ3n) is 5.23. The van der Waals surface area contributed by atoms with Crippen molar-refractivity contribution in [3.8, 4) is 0 Å². The van der Waals surface area contributed by atoms with Crippen molar-refractivity contribution in [1.29, 1.82) is 0 Å². The maximum absolute atomic E-state index is 10.6. The molecule has 14 heteroatoms. The predicted octanol–water partition coefficient (Wildman–Crippen LogP) is 3.11. The number of nitrogens with zero attached hydrogens (tertiary/aromatic N) is 2. The van der Waals surface area contributed by atoms with Gasteiger partial charge in [-0.1, -0.05) is 6.92 Å². The highest BCUT2D eigenvalue weighted by atomic mass is 19.4. The van der Waals surface area contributed by atoms with Gasteiger partial charge < -0.3 is 29.5 Å². The van der Waals surface area contributed by atoms with E-state index in [2.05, 4.69) is 16.7 Å². The number of carboxylic acids is 2. The molecule has 1 atom stereocenters. The van der Waals surface area contributed by atoms with Crippen LogP contribution in [0.1, 0.15) is 32.6 Å². The smallest absolute Gasteiger partial charge is 0.475 e. The van der Waals surface area contributed by atoms with E-state index < -0.39 is 24.3 Å². The topological polar surface area (TPSA) is 99.5 Å². The summed E-state index contributed by atoms with van der Waals surface area (Å²) in [5.74, 6) is -4.63. The van der Waals surface area contributed by atoms with E-state index in [9.17, 15) is 26.3 Å². The number of methoxy groups -OCH3 is 1. The molecule has 0 amide bonds. The van der Waals surface area contributed by atoms with Crippen molar-refractivity contribution in [2.45, 2.75) is 51.1 Å². The number of aliphatic carboxylic acids is 2. The van der Waals surface area contributed by atoms with Crippen molar-refractivity contribution >= 4 is 11.9 Å². The summed E-state index contributed by atoms with van der Waals surface area (Å²) in [6.45, 7) is 11.3. The molecule has 34 heavy (non-hydrogen) atoms. The van der Waals surface area contributed by atoms with E-state index in [4.69, 9.17) is 29.3 Å². The summed E-state index contributed by atoms with van der Waals surface area (Å²) < 4.78 is 74.3. The summed E-state index contributed by atoms with van der Waals surface area (Å²) in [4.78, 5) is 23.1. The molecule has 0 aliphatic carbocycles. The summed E-state index contributed by atoms with van der Waals surface area (Å²) in [5, 5.41) is 14.2. The molecule has 0 aromatic carbocycles. The first-order valence-electron chi connectivity index (χ1n) is 10.9. The van der Waals surface area contributed by atoms with E-state index in [0.29, 0.717) is 6.10 Å². The van der Waals surface area contributed by atoms with Gasteiger partial charge in [-0.05, 0) is 44.7 Å². The highest BCUT2D eigenvalue weighted by Crippen LogP contribution is 2.20. The highest BCUT2D eigenvalue weighted by molar-refractivity contribution is 5.73. The zero-order valence-electron chi connectivity index (χ0n) is 19.3. The van der Waals surface area contributed by atoms with Crippen molar-refractivity contribution in [1.82, 2.24) is 9.80 Å². The van der Waals surface area contributed by atoms with Gasteiger partial charge >= 0.3 is 24.3 Å². The molecule has 2 saturated heterocycles. The molecule has 202 valence electrons. The minimum atomic E-state index is -5.08. The number of hydrogen-bond donors (Lipinski definition) is 2. The first kappa shape index (κ1) is 32.4. The van der Waals surface area contributed by atoms with Crippen LogP contribution in [0.4, 0.5) is 26.3 Å². The highest BCUT2D eigenvalue weighted by Gasteiger charge is 2.38. The van der Waals surface area contributed by atoms with E-state index in [1.807, 2.05) is 0 Å². The van der Waals surface area contributed by atoms with E-state index in [1.165, 1.54) is 65.0 Å². The van der Waals surface area contributed by atoms with Crippen LogP contribution in [0, 0.1) is 5.92 Å². The van der Waals surface area contributed by atoms with E-state index in [0.717, 1.165) is 19.1 Å². The number of hydrogen-bond acceptors (Lipinski definition) is 6. The third-order valence-corrected chi connectivity index (χ3v) is 5.23. The Balaban J connectivity index is 0.000000642. The summed E-state index contributed by atoms with van der Waals surface area (Å²) in [6.07, 6.45) is -4.53. The molecule has 2 rings (SSSR count). The van der Waals surface area contributed by atoms with Crippen LogP contribution >= 0.6 is 0 Å². The number of likely N-dealkylation sites (tertiary alicyclic amines) is 2. The van der Waals surface area contributed by atoms with E-state index in [-0.39, 0.29) is 0 Å². The van der Waals surface area contributed by atoms with E-state index >= 15 is 0 Å². The molecule has 0 aromatic heterocycles. The zero-order valence-corrected chi connectivity index (χ0v) is 19.3. The molecule has 0 radical (unpaired) electrons. The van der Waals surface area contributed by atoms with Crippen LogP contribution < -0.4 is 0 Å². The molecule has 0 bridgehead atoms. The number of piperidine rings is 2. The molecule has 1 unspecified atom stereocenters. The van der Waals surface area contributed by atoms with Crippen molar-refractivity contribution < 1.29 is 55.6 Å². The van der Waals surface area contributed by atoms with Crippen molar-refractivity contribution in [2.75, 3.05) is 59.6 Å². The van der Waals surface area contributed by atoms with Crippen LogP contribution in [0.25, 0.3) is 0 Å². The Labute approximate surface area is 194 Å². The van der Waals surface area contributed by atoms with Gasteiger partial charge in [-0.25, -0.2) is 9.59 Å². The quantitative estimate of drug-likeness (QED) is 0.397. The lowest BCUT2D eigenvalue weighted by Crippen LogP contribution is -2.44. The molecule has 2 aliphatic rings. The van der Waals surface area contributed by atoms with Gasteiger partial charge in [0, 0.05) is 33.3 Å². The number of carboxylic acid groups (broad SMARTS) is 2. The first-order chi connectivity index (χ1) is 15.7. The average Bonchev–Trinajstić information content (AvgIpc) is 2.75. The second-order valence-electron chi connectivity index (χ2n) is 7.87. The number of carbonyl (C=O) groups is 2. The van der Waals surface area contributed by atoms with Gasteiger partial charge in [0.1, 0.15) is 0 Å². The van der Waals surface area contributed by atoms with Crippen LogP contribution in [-0.4, -0.2) is 110 Å². The summed E-state index contributed by atoms with van der Waals surface area (Å²) >= 11 is 0. The second-order valence-corrected chi connectivity index (χ2v) is 7.87. The first-order valence-corrected chi connectivity index (χ1v) is 10.9. The van der Waals surface area contributed by atoms with Gasteiger partial charge in [0.15, 0.2) is 0 Å². The largest absolute Gasteiger partial charge is 0.490 e. The molecule has 2 N–H and O–H groups in total. The van der Waals surface area contributed by atoms with Crippen LogP contribution in [-0.2, 0) is 19.1 Å². The molecule has 0 saturated carbocycles.